The minimum Gasteiger partial charge on any atom is -0.497 e. The first kappa shape index (κ1) is 19.6. The summed E-state index contributed by atoms with van der Waals surface area (Å²) in [6.07, 6.45) is 0.775. The van der Waals surface area contributed by atoms with E-state index in [1.807, 2.05) is 23.3 Å². The van der Waals surface area contributed by atoms with E-state index in [2.05, 4.69) is 15.9 Å². The molecule has 1 aliphatic carbocycles. The second kappa shape index (κ2) is 7.63. The fraction of sp³-hybridized carbons (Fsp3) is 0.429. The lowest BCUT2D eigenvalue weighted by molar-refractivity contribution is -0.180. The van der Waals surface area contributed by atoms with Gasteiger partial charge in [0, 0.05) is 17.5 Å². The van der Waals surface area contributed by atoms with Crippen LogP contribution in [-0.2, 0) is 16.9 Å². The highest BCUT2D eigenvalue weighted by Gasteiger charge is 2.57. The minimum absolute atomic E-state index is 0.129. The molecule has 2 aliphatic rings. The van der Waals surface area contributed by atoms with Crippen LogP contribution in [0.3, 0.4) is 0 Å². The maximum absolute atomic E-state index is 13.8. The van der Waals surface area contributed by atoms with Gasteiger partial charge in [-0.1, -0.05) is 12.1 Å². The lowest BCUT2D eigenvalue weighted by atomic mass is 9.81. The van der Waals surface area contributed by atoms with E-state index in [0.29, 0.717) is 42.0 Å². The largest absolute Gasteiger partial charge is 0.497 e. The molecule has 2 aromatic carbocycles. The normalized spacial score (nSPS) is 27.0. The van der Waals surface area contributed by atoms with E-state index in [4.69, 9.17) is 14.3 Å². The van der Waals surface area contributed by atoms with Crippen LogP contribution in [0.25, 0.3) is 0 Å². The van der Waals surface area contributed by atoms with Crippen molar-refractivity contribution in [2.45, 2.75) is 31.0 Å². The Bertz CT molecular complexity index is 879. The molecule has 0 aromatic heterocycles. The Balaban J connectivity index is 1.73. The molecule has 0 amide bonds. The highest BCUT2D eigenvalue weighted by molar-refractivity contribution is 9.10. The Morgan fingerprint density at radius 3 is 2.79 bits per heavy atom. The molecule has 150 valence electrons. The van der Waals surface area contributed by atoms with Crippen LogP contribution >= 0.6 is 15.9 Å². The van der Waals surface area contributed by atoms with E-state index in [1.165, 1.54) is 6.07 Å². The average Bonchev–Trinajstić information content (AvgIpc) is 3.20. The number of hydroxylamine groups is 2. The van der Waals surface area contributed by atoms with Gasteiger partial charge < -0.3 is 14.6 Å². The van der Waals surface area contributed by atoms with Crippen LogP contribution in [0.2, 0.25) is 0 Å². The zero-order chi connectivity index (χ0) is 19.9. The highest BCUT2D eigenvalue weighted by atomic mass is 79.9. The first-order valence-electron chi connectivity index (χ1n) is 9.23. The van der Waals surface area contributed by atoms with Gasteiger partial charge in [0.25, 0.3) is 0 Å². The summed E-state index contributed by atoms with van der Waals surface area (Å²) >= 11 is 3.30. The number of aliphatic hydroxyl groups excluding tert-OH is 1. The van der Waals surface area contributed by atoms with Crippen LogP contribution in [0.1, 0.15) is 24.0 Å². The average molecular weight is 452 g/mol. The van der Waals surface area contributed by atoms with E-state index < -0.39 is 11.6 Å². The molecule has 2 aromatic rings. The van der Waals surface area contributed by atoms with Crippen LogP contribution in [0.4, 0.5) is 4.39 Å². The molecule has 3 unspecified atom stereocenters. The van der Waals surface area contributed by atoms with E-state index in [-0.39, 0.29) is 11.7 Å². The Morgan fingerprint density at radius 2 is 2.07 bits per heavy atom. The molecule has 1 saturated heterocycles. The van der Waals surface area contributed by atoms with Gasteiger partial charge in [0.1, 0.15) is 17.3 Å². The third kappa shape index (κ3) is 3.20. The lowest BCUT2D eigenvalue weighted by Gasteiger charge is -2.37. The summed E-state index contributed by atoms with van der Waals surface area (Å²) < 4.78 is 25.1. The molecule has 1 saturated carbocycles. The summed E-state index contributed by atoms with van der Waals surface area (Å²) in [5.74, 6) is 1.25. The van der Waals surface area contributed by atoms with Gasteiger partial charge >= 0.3 is 0 Å². The number of nitrogens with zero attached hydrogens (tertiary/aromatic N) is 1. The van der Waals surface area contributed by atoms with Crippen molar-refractivity contribution in [2.24, 2.45) is 5.92 Å². The van der Waals surface area contributed by atoms with Crippen LogP contribution in [0.15, 0.2) is 40.9 Å². The summed E-state index contributed by atoms with van der Waals surface area (Å²) in [5, 5.41) is 12.4. The zero-order valence-corrected chi connectivity index (χ0v) is 17.4. The van der Waals surface area contributed by atoms with Crippen molar-refractivity contribution in [1.82, 2.24) is 5.06 Å². The van der Waals surface area contributed by atoms with Crippen molar-refractivity contribution in [3.63, 3.8) is 0 Å². The smallest absolute Gasteiger partial charge is 0.137 e. The van der Waals surface area contributed by atoms with Gasteiger partial charge in [0.2, 0.25) is 0 Å². The molecule has 1 N–H and O–H groups in total. The predicted octanol–water partition coefficient (Wildman–Crippen LogP) is 4.02. The molecule has 1 aliphatic heterocycles. The van der Waals surface area contributed by atoms with Crippen LogP contribution in [-0.4, -0.2) is 37.1 Å². The summed E-state index contributed by atoms with van der Waals surface area (Å²) in [6.45, 7) is 0.996. The lowest BCUT2D eigenvalue weighted by Crippen LogP contribution is -2.42. The van der Waals surface area contributed by atoms with Crippen molar-refractivity contribution in [3.8, 4) is 11.5 Å². The second-order valence-electron chi connectivity index (χ2n) is 7.35. The summed E-state index contributed by atoms with van der Waals surface area (Å²) in [6, 6.07) is 10.7. The molecule has 1 heterocycles. The number of fused-ring (bicyclic) bond motifs is 1. The number of aliphatic hydroxyl groups is 1. The van der Waals surface area contributed by atoms with Crippen molar-refractivity contribution in [2.75, 3.05) is 20.8 Å². The number of halogens is 2. The Morgan fingerprint density at radius 1 is 1.25 bits per heavy atom. The minimum atomic E-state index is -0.513. The molecule has 3 atom stereocenters. The summed E-state index contributed by atoms with van der Waals surface area (Å²) in [7, 11) is 3.24. The first-order chi connectivity index (χ1) is 13.5. The predicted molar refractivity (Wildman–Crippen MR) is 106 cm³/mol. The van der Waals surface area contributed by atoms with Gasteiger partial charge in [-0.15, -0.1) is 0 Å². The third-order valence-electron chi connectivity index (χ3n) is 5.88. The van der Waals surface area contributed by atoms with Gasteiger partial charge in [-0.3, -0.25) is 4.84 Å². The zero-order valence-electron chi connectivity index (χ0n) is 15.8. The number of rotatable bonds is 5. The van der Waals surface area contributed by atoms with Gasteiger partial charge in [-0.25, -0.2) is 4.39 Å². The molecular formula is C21H23BrFNO4. The molecule has 2 fully saturated rings. The molecule has 28 heavy (non-hydrogen) atoms. The monoisotopic (exact) mass is 451 g/mol. The Labute approximate surface area is 172 Å². The molecule has 4 rings (SSSR count). The van der Waals surface area contributed by atoms with Crippen molar-refractivity contribution >= 4 is 15.9 Å². The number of benzene rings is 2. The third-order valence-corrected chi connectivity index (χ3v) is 6.49. The molecular weight excluding hydrogens is 429 g/mol. The van der Waals surface area contributed by atoms with Crippen LogP contribution in [0, 0.1) is 11.7 Å². The van der Waals surface area contributed by atoms with Crippen molar-refractivity contribution in [1.29, 1.82) is 0 Å². The van der Waals surface area contributed by atoms with E-state index in [0.717, 1.165) is 11.1 Å². The van der Waals surface area contributed by atoms with Gasteiger partial charge in [-0.05, 0) is 52.5 Å². The topological polar surface area (TPSA) is 51.2 Å². The number of hydrogen-bond acceptors (Lipinski definition) is 5. The van der Waals surface area contributed by atoms with E-state index >= 15 is 0 Å². The standard InChI is InChI=1S/C21H23BrFNO4/c1-26-17-5-3-13(20(9-17)27-2)11-24-21(10-16(25)7-15(21)12-28-24)14-4-6-19(23)18(22)8-14/h3-6,8-9,15-16,25H,7,10-12H2,1-2H3. The highest BCUT2D eigenvalue weighted by Crippen LogP contribution is 2.53. The molecule has 0 spiro atoms. The molecule has 0 bridgehead atoms. The SMILES string of the molecule is COc1ccc(CN2OCC3CC(O)CC32c2ccc(F)c(Br)c2)c(OC)c1. The Kier molecular flexibility index (Phi) is 5.35. The van der Waals surface area contributed by atoms with Crippen molar-refractivity contribution in [3.05, 3.63) is 57.8 Å². The molecule has 5 nitrogen and oxygen atoms in total. The van der Waals surface area contributed by atoms with E-state index in [1.54, 1.807) is 26.4 Å². The number of ether oxygens (including phenoxy) is 2. The van der Waals surface area contributed by atoms with Gasteiger partial charge in [0.05, 0.1) is 43.5 Å². The first-order valence-corrected chi connectivity index (χ1v) is 10.0. The van der Waals surface area contributed by atoms with Crippen LogP contribution in [0.5, 0.6) is 11.5 Å². The van der Waals surface area contributed by atoms with Gasteiger partial charge in [-0.2, -0.15) is 5.06 Å². The van der Waals surface area contributed by atoms with Crippen LogP contribution < -0.4 is 9.47 Å². The Hall–Kier alpha value is -1.67. The van der Waals surface area contributed by atoms with Gasteiger partial charge in [0.15, 0.2) is 0 Å². The number of methoxy groups -OCH3 is 2. The maximum Gasteiger partial charge on any atom is 0.137 e. The fourth-order valence-electron chi connectivity index (χ4n) is 4.53. The molecule has 7 heteroatoms. The summed E-state index contributed by atoms with van der Waals surface area (Å²) in [4.78, 5) is 6.08. The maximum atomic E-state index is 13.8. The second-order valence-corrected chi connectivity index (χ2v) is 8.21. The van der Waals surface area contributed by atoms with Crippen molar-refractivity contribution < 1.29 is 23.8 Å². The number of hydrogen-bond donors (Lipinski definition) is 1. The quantitative estimate of drug-likeness (QED) is 0.743. The molecule has 0 radical (unpaired) electrons. The summed E-state index contributed by atoms with van der Waals surface area (Å²) in [5.41, 5.74) is 1.37. The fourth-order valence-corrected chi connectivity index (χ4v) is 4.90. The van der Waals surface area contributed by atoms with E-state index in [9.17, 15) is 9.50 Å².